The number of benzene rings is 1. The van der Waals surface area contributed by atoms with E-state index in [1.54, 1.807) is 30.8 Å². The van der Waals surface area contributed by atoms with Crippen molar-refractivity contribution in [3.05, 3.63) is 42.5 Å². The van der Waals surface area contributed by atoms with Crippen LogP contribution in [-0.4, -0.2) is 50.8 Å². The molecule has 0 aliphatic heterocycles. The molecule has 6 nitrogen and oxygen atoms in total. The molecule has 2 heterocycles. The summed E-state index contributed by atoms with van der Waals surface area (Å²) in [5.74, 6) is 1.05. The molecule has 34 heavy (non-hydrogen) atoms. The van der Waals surface area contributed by atoms with Gasteiger partial charge in [-0.1, -0.05) is 18.9 Å². The number of aromatic hydroxyl groups is 1. The molecule has 2 aliphatic carbocycles. The Morgan fingerprint density at radius 2 is 1.91 bits per heavy atom. The number of phenolic OH excluding ortho intramolecular Hbond substituents is 1. The van der Waals surface area contributed by atoms with Crippen LogP contribution in [0.5, 0.6) is 5.75 Å². The van der Waals surface area contributed by atoms with Gasteiger partial charge in [-0.3, -0.25) is 0 Å². The summed E-state index contributed by atoms with van der Waals surface area (Å²) in [7, 11) is 1.85. The number of alkyl halides is 1. The fraction of sp³-hybridized carbons (Fsp3) is 0.440. The minimum absolute atomic E-state index is 0.0429. The van der Waals surface area contributed by atoms with Crippen molar-refractivity contribution in [1.29, 1.82) is 0 Å². The first-order valence-corrected chi connectivity index (χ1v) is 12.8. The topological polar surface area (TPSA) is 75.0 Å². The van der Waals surface area contributed by atoms with Gasteiger partial charge in [-0.25, -0.2) is 18.7 Å². The van der Waals surface area contributed by atoms with Crippen molar-refractivity contribution in [2.45, 2.75) is 49.3 Å². The van der Waals surface area contributed by atoms with E-state index in [1.807, 2.05) is 11.9 Å². The third kappa shape index (κ3) is 4.33. The Hall–Kier alpha value is -2.81. The second-order valence-corrected chi connectivity index (χ2v) is 10.0. The van der Waals surface area contributed by atoms with E-state index in [0.29, 0.717) is 33.5 Å². The number of phenols is 1. The molecule has 0 unspecified atom stereocenters. The highest BCUT2D eigenvalue weighted by Crippen LogP contribution is 2.43. The van der Waals surface area contributed by atoms with Crippen molar-refractivity contribution < 1.29 is 13.9 Å². The minimum atomic E-state index is -0.871. The van der Waals surface area contributed by atoms with E-state index < -0.39 is 12.0 Å². The number of aromatic nitrogens is 4. The van der Waals surface area contributed by atoms with Crippen molar-refractivity contribution in [1.82, 2.24) is 20.2 Å². The molecular weight excluding hydrogens is 456 g/mol. The first-order valence-electron chi connectivity index (χ1n) is 11.5. The van der Waals surface area contributed by atoms with Gasteiger partial charge in [-0.2, -0.15) is 0 Å². The number of thioether (sulfide) groups is 1. The van der Waals surface area contributed by atoms with Crippen molar-refractivity contribution in [2.24, 2.45) is 11.8 Å². The first-order chi connectivity index (χ1) is 16.4. The van der Waals surface area contributed by atoms with Crippen molar-refractivity contribution in [3.63, 3.8) is 0 Å². The summed E-state index contributed by atoms with van der Waals surface area (Å²) in [4.78, 5) is 10.4. The molecule has 2 aliphatic rings. The van der Waals surface area contributed by atoms with E-state index in [2.05, 4.69) is 20.2 Å². The number of halogens is 2. The van der Waals surface area contributed by atoms with Crippen LogP contribution in [0.15, 0.2) is 41.7 Å². The zero-order valence-electron chi connectivity index (χ0n) is 19.2. The van der Waals surface area contributed by atoms with Crippen molar-refractivity contribution in [3.8, 4) is 28.3 Å². The lowest BCUT2D eigenvalue weighted by Gasteiger charge is -2.45. The molecule has 2 saturated carbocycles. The molecule has 0 spiro atoms. The Morgan fingerprint density at radius 3 is 2.62 bits per heavy atom. The predicted molar refractivity (Wildman–Crippen MR) is 129 cm³/mol. The molecule has 3 aromatic rings. The largest absolute Gasteiger partial charge is 0.507 e. The van der Waals surface area contributed by atoms with Crippen LogP contribution in [0.4, 0.5) is 14.6 Å². The number of rotatable bonds is 5. The molecule has 9 heteroatoms. The molecule has 2 aromatic heterocycles. The van der Waals surface area contributed by atoms with E-state index in [-0.39, 0.29) is 23.5 Å². The molecule has 2 bridgehead atoms. The van der Waals surface area contributed by atoms with Gasteiger partial charge in [0.05, 0.1) is 17.8 Å². The summed E-state index contributed by atoms with van der Waals surface area (Å²) in [6.45, 7) is 0. The van der Waals surface area contributed by atoms with Crippen LogP contribution in [0.2, 0.25) is 0 Å². The maximum atomic E-state index is 15.1. The van der Waals surface area contributed by atoms with Crippen molar-refractivity contribution >= 4 is 17.6 Å². The van der Waals surface area contributed by atoms with E-state index >= 15 is 4.39 Å². The maximum Gasteiger partial charge on any atom is 0.185 e. The quantitative estimate of drug-likeness (QED) is 0.479. The maximum absolute atomic E-state index is 15.1. The van der Waals surface area contributed by atoms with Gasteiger partial charge in [0.25, 0.3) is 0 Å². The fourth-order valence-corrected chi connectivity index (χ4v) is 5.76. The Kier molecular flexibility index (Phi) is 6.38. The van der Waals surface area contributed by atoms with E-state index in [4.69, 9.17) is 0 Å². The lowest BCUT2D eigenvalue weighted by Crippen LogP contribution is -2.49. The van der Waals surface area contributed by atoms with Crippen LogP contribution in [-0.2, 0) is 0 Å². The summed E-state index contributed by atoms with van der Waals surface area (Å²) < 4.78 is 29.2. The molecule has 1 aromatic carbocycles. The number of nitrogens with zero attached hydrogens (tertiary/aromatic N) is 5. The molecule has 0 amide bonds. The van der Waals surface area contributed by atoms with Crippen LogP contribution in [0.25, 0.3) is 22.5 Å². The van der Waals surface area contributed by atoms with E-state index in [0.717, 1.165) is 25.7 Å². The van der Waals surface area contributed by atoms with Crippen LogP contribution in [0.1, 0.15) is 32.1 Å². The fourth-order valence-electron chi connectivity index (χ4n) is 5.35. The van der Waals surface area contributed by atoms with Gasteiger partial charge < -0.3 is 10.0 Å². The monoisotopic (exact) mass is 483 g/mol. The molecule has 0 radical (unpaired) electrons. The van der Waals surface area contributed by atoms with Crippen LogP contribution >= 0.6 is 11.8 Å². The zero-order valence-corrected chi connectivity index (χ0v) is 20.0. The number of fused-ring (bicyclic) bond motifs is 2. The first kappa shape index (κ1) is 23.0. The average Bonchev–Trinajstić information content (AvgIpc) is 2.86. The summed E-state index contributed by atoms with van der Waals surface area (Å²) in [6.07, 6.45) is 9.13. The lowest BCUT2D eigenvalue weighted by atomic mass is 9.69. The summed E-state index contributed by atoms with van der Waals surface area (Å²) >= 11 is 1.24. The number of hydrogen-bond donors (Lipinski definition) is 1. The predicted octanol–water partition coefficient (Wildman–Crippen LogP) is 5.52. The van der Waals surface area contributed by atoms with Crippen LogP contribution < -0.4 is 4.90 Å². The van der Waals surface area contributed by atoms with Gasteiger partial charge in [0, 0.05) is 18.8 Å². The Morgan fingerprint density at radius 1 is 1.06 bits per heavy atom. The molecule has 178 valence electrons. The number of hydrogen-bond acceptors (Lipinski definition) is 7. The Labute approximate surface area is 201 Å². The summed E-state index contributed by atoms with van der Waals surface area (Å²) in [6, 6.07) is 6.13. The third-order valence-electron chi connectivity index (χ3n) is 7.20. The molecule has 2 fully saturated rings. The SMILES string of the molecule is CSc1ncc(-c2ccc(-c3ncc(N(C)[C@@H]4C[C@H]5CCC[C@H](C5)[C@@H]4F)nn3)c(O)c2)cc1F. The highest BCUT2D eigenvalue weighted by atomic mass is 32.2. The van der Waals surface area contributed by atoms with Gasteiger partial charge in [-0.15, -0.1) is 22.0 Å². The normalized spacial score (nSPS) is 24.1. The molecule has 0 saturated heterocycles. The Balaban J connectivity index is 1.34. The van der Waals surface area contributed by atoms with E-state index in [9.17, 15) is 9.50 Å². The van der Waals surface area contributed by atoms with E-state index in [1.165, 1.54) is 30.3 Å². The third-order valence-corrected chi connectivity index (χ3v) is 7.88. The van der Waals surface area contributed by atoms with Gasteiger partial charge in [-0.05, 0) is 61.1 Å². The second-order valence-electron chi connectivity index (χ2n) is 9.24. The lowest BCUT2D eigenvalue weighted by molar-refractivity contribution is 0.0656. The van der Waals surface area contributed by atoms with Gasteiger partial charge in [0.1, 0.15) is 16.9 Å². The number of pyridine rings is 1. The minimum Gasteiger partial charge on any atom is -0.507 e. The van der Waals surface area contributed by atoms with Crippen LogP contribution in [0, 0.1) is 17.7 Å². The Bertz CT molecular complexity index is 1180. The summed E-state index contributed by atoms with van der Waals surface area (Å²) in [5, 5.41) is 19.4. The standard InChI is InChI=1S/C25H27F2N5OS/c1-32(20-9-14-4-3-5-16(8-14)23(20)27)22-13-28-24(31-30-22)18-7-6-15(11-21(18)33)17-10-19(26)25(34-2)29-12-17/h6-7,10-14,16,20,23,33H,3-5,8-9H2,1-2H3/t14-,16+,20+,23-/m0/s1. The second kappa shape index (κ2) is 9.44. The average molecular weight is 484 g/mol. The molecular formula is C25H27F2N5OS. The summed E-state index contributed by atoms with van der Waals surface area (Å²) in [5.41, 5.74) is 1.60. The van der Waals surface area contributed by atoms with Crippen LogP contribution in [0.3, 0.4) is 0 Å². The molecule has 5 rings (SSSR count). The molecule has 4 atom stereocenters. The molecule has 1 N–H and O–H groups in total. The highest BCUT2D eigenvalue weighted by Gasteiger charge is 2.42. The van der Waals surface area contributed by atoms with Gasteiger partial charge in [0.15, 0.2) is 17.5 Å². The number of anilines is 1. The van der Waals surface area contributed by atoms with Crippen molar-refractivity contribution in [2.75, 3.05) is 18.2 Å². The smallest absolute Gasteiger partial charge is 0.185 e. The highest BCUT2D eigenvalue weighted by molar-refractivity contribution is 7.98. The zero-order chi connectivity index (χ0) is 23.8. The van der Waals surface area contributed by atoms with Gasteiger partial charge >= 0.3 is 0 Å². The van der Waals surface area contributed by atoms with Gasteiger partial charge in [0.2, 0.25) is 0 Å².